The van der Waals surface area contributed by atoms with Crippen molar-refractivity contribution in [2.75, 3.05) is 7.05 Å². The number of carbonyl (C=O) groups is 3. The van der Waals surface area contributed by atoms with Gasteiger partial charge in [0.1, 0.15) is 17.5 Å². The number of nitrogens with zero attached hydrogens (tertiary/aromatic N) is 2. The summed E-state index contributed by atoms with van der Waals surface area (Å²) >= 11 is 0. The van der Waals surface area contributed by atoms with E-state index in [-0.39, 0.29) is 23.5 Å². The van der Waals surface area contributed by atoms with E-state index < -0.39 is 11.9 Å². The van der Waals surface area contributed by atoms with Crippen molar-refractivity contribution in [3.63, 3.8) is 0 Å². The van der Waals surface area contributed by atoms with Gasteiger partial charge in [0.05, 0.1) is 0 Å². The van der Waals surface area contributed by atoms with Crippen LogP contribution in [0.25, 0.3) is 11.3 Å². The molecule has 9 nitrogen and oxygen atoms in total. The highest BCUT2D eigenvalue weighted by Gasteiger charge is 2.31. The van der Waals surface area contributed by atoms with E-state index in [9.17, 15) is 14.4 Å². The Morgan fingerprint density at radius 3 is 2.43 bits per heavy atom. The first kappa shape index (κ1) is 24.3. The molecule has 2 aromatic heterocycles. The molecule has 1 saturated carbocycles. The van der Waals surface area contributed by atoms with Gasteiger partial charge in [-0.05, 0) is 42.5 Å². The molecule has 0 saturated heterocycles. The van der Waals surface area contributed by atoms with Gasteiger partial charge in [0, 0.05) is 32.4 Å². The van der Waals surface area contributed by atoms with E-state index >= 15 is 0 Å². The highest BCUT2D eigenvalue weighted by atomic mass is 16.4. The van der Waals surface area contributed by atoms with Crippen LogP contribution in [0.5, 0.6) is 0 Å². The van der Waals surface area contributed by atoms with E-state index in [0.29, 0.717) is 18.0 Å². The van der Waals surface area contributed by atoms with Gasteiger partial charge in [0.15, 0.2) is 5.76 Å². The normalized spacial score (nSPS) is 14.8. The van der Waals surface area contributed by atoms with Crippen molar-refractivity contribution in [2.24, 2.45) is 13.0 Å². The Morgan fingerprint density at radius 1 is 1.03 bits per heavy atom. The Labute approximate surface area is 204 Å². The van der Waals surface area contributed by atoms with Gasteiger partial charge in [0.2, 0.25) is 5.91 Å². The number of aromatic nitrogens is 2. The summed E-state index contributed by atoms with van der Waals surface area (Å²) in [5.41, 5.74) is 2.09. The SMILES string of the molecule is CNC(=O)[C@@H](NC(=O)c1ccc(-c2ccc(CNC(=O)c3ccn(C)n3)cc2)o1)C1CCCCC1. The van der Waals surface area contributed by atoms with Crippen molar-refractivity contribution in [3.8, 4) is 11.3 Å². The minimum absolute atomic E-state index is 0.132. The molecule has 3 aromatic rings. The largest absolute Gasteiger partial charge is 0.451 e. The number of rotatable bonds is 8. The topological polar surface area (TPSA) is 118 Å². The summed E-state index contributed by atoms with van der Waals surface area (Å²) in [5.74, 6) is 0.0317. The zero-order valence-corrected chi connectivity index (χ0v) is 20.0. The van der Waals surface area contributed by atoms with Crippen LogP contribution in [-0.4, -0.2) is 40.6 Å². The first-order valence-corrected chi connectivity index (χ1v) is 11.9. The van der Waals surface area contributed by atoms with E-state index in [1.165, 1.54) is 6.42 Å². The number of furan rings is 1. The van der Waals surface area contributed by atoms with Crippen LogP contribution in [0, 0.1) is 5.92 Å². The molecule has 184 valence electrons. The van der Waals surface area contributed by atoms with Gasteiger partial charge in [-0.15, -0.1) is 0 Å². The number of hydrogen-bond donors (Lipinski definition) is 3. The quantitative estimate of drug-likeness (QED) is 0.461. The lowest BCUT2D eigenvalue weighted by Gasteiger charge is -2.29. The van der Waals surface area contributed by atoms with Crippen molar-refractivity contribution < 1.29 is 18.8 Å². The number of hydrogen-bond acceptors (Lipinski definition) is 5. The number of nitrogens with one attached hydrogen (secondary N) is 3. The summed E-state index contributed by atoms with van der Waals surface area (Å²) in [6.45, 7) is 0.365. The molecular formula is C26H31N5O4. The van der Waals surface area contributed by atoms with Crippen LogP contribution >= 0.6 is 0 Å². The second-order valence-electron chi connectivity index (χ2n) is 8.88. The first-order chi connectivity index (χ1) is 16.9. The average Bonchev–Trinajstić information content (AvgIpc) is 3.56. The Morgan fingerprint density at radius 2 is 1.77 bits per heavy atom. The highest BCUT2D eigenvalue weighted by Crippen LogP contribution is 2.27. The number of benzene rings is 1. The van der Waals surface area contributed by atoms with Gasteiger partial charge >= 0.3 is 0 Å². The van der Waals surface area contributed by atoms with Crippen molar-refractivity contribution in [2.45, 2.75) is 44.7 Å². The molecule has 0 aliphatic heterocycles. The maximum absolute atomic E-state index is 12.9. The van der Waals surface area contributed by atoms with Crippen molar-refractivity contribution >= 4 is 17.7 Å². The lowest BCUT2D eigenvalue weighted by molar-refractivity contribution is -0.124. The zero-order valence-electron chi connectivity index (χ0n) is 20.0. The average molecular weight is 478 g/mol. The van der Waals surface area contributed by atoms with E-state index in [0.717, 1.165) is 36.8 Å². The van der Waals surface area contributed by atoms with Gasteiger partial charge in [0.25, 0.3) is 11.8 Å². The summed E-state index contributed by atoms with van der Waals surface area (Å²) in [7, 11) is 3.35. The van der Waals surface area contributed by atoms with Crippen LogP contribution < -0.4 is 16.0 Å². The van der Waals surface area contributed by atoms with Gasteiger partial charge < -0.3 is 20.4 Å². The van der Waals surface area contributed by atoms with Crippen LogP contribution in [0.2, 0.25) is 0 Å². The molecule has 3 amide bonds. The van der Waals surface area contributed by atoms with E-state index in [2.05, 4.69) is 21.0 Å². The zero-order chi connectivity index (χ0) is 24.8. The Kier molecular flexibility index (Phi) is 7.64. The minimum Gasteiger partial charge on any atom is -0.451 e. The molecule has 4 rings (SSSR count). The van der Waals surface area contributed by atoms with Crippen LogP contribution in [-0.2, 0) is 18.4 Å². The number of likely N-dealkylation sites (N-methyl/N-ethyl adjacent to an activating group) is 1. The molecule has 0 bridgehead atoms. The van der Waals surface area contributed by atoms with Gasteiger partial charge in [-0.3, -0.25) is 19.1 Å². The molecule has 1 atom stereocenters. The Balaban J connectivity index is 1.37. The van der Waals surface area contributed by atoms with Crippen LogP contribution in [0.4, 0.5) is 0 Å². The molecule has 9 heteroatoms. The number of aryl methyl sites for hydroxylation is 1. The predicted molar refractivity (Wildman–Crippen MR) is 130 cm³/mol. The second-order valence-corrected chi connectivity index (χ2v) is 8.88. The van der Waals surface area contributed by atoms with Gasteiger partial charge in [-0.1, -0.05) is 43.5 Å². The molecule has 1 aromatic carbocycles. The fraction of sp³-hybridized carbons (Fsp3) is 0.385. The molecule has 35 heavy (non-hydrogen) atoms. The fourth-order valence-electron chi connectivity index (χ4n) is 4.44. The molecule has 1 aliphatic rings. The molecular weight excluding hydrogens is 446 g/mol. The Bertz CT molecular complexity index is 1170. The molecule has 0 unspecified atom stereocenters. The first-order valence-electron chi connectivity index (χ1n) is 11.9. The van der Waals surface area contributed by atoms with Crippen molar-refractivity contribution in [1.29, 1.82) is 0 Å². The minimum atomic E-state index is -0.568. The molecule has 2 heterocycles. The fourth-order valence-corrected chi connectivity index (χ4v) is 4.44. The van der Waals surface area contributed by atoms with Crippen LogP contribution in [0.1, 0.15) is 58.7 Å². The van der Waals surface area contributed by atoms with Crippen LogP contribution in [0.15, 0.2) is 53.1 Å². The third-order valence-corrected chi connectivity index (χ3v) is 6.40. The molecule has 0 radical (unpaired) electrons. The third kappa shape index (κ3) is 5.98. The van der Waals surface area contributed by atoms with E-state index in [1.54, 1.807) is 43.2 Å². The summed E-state index contributed by atoms with van der Waals surface area (Å²) in [5, 5.41) is 12.5. The number of carbonyl (C=O) groups excluding carboxylic acids is 3. The van der Waals surface area contributed by atoms with Crippen molar-refractivity contribution in [1.82, 2.24) is 25.7 Å². The summed E-state index contributed by atoms with van der Waals surface area (Å²) < 4.78 is 7.39. The summed E-state index contributed by atoms with van der Waals surface area (Å²) in [6.07, 6.45) is 6.88. The van der Waals surface area contributed by atoms with Crippen LogP contribution in [0.3, 0.4) is 0 Å². The third-order valence-electron chi connectivity index (χ3n) is 6.40. The smallest absolute Gasteiger partial charge is 0.287 e. The lowest BCUT2D eigenvalue weighted by Crippen LogP contribution is -2.50. The molecule has 0 spiro atoms. The van der Waals surface area contributed by atoms with E-state index in [1.807, 2.05) is 24.3 Å². The summed E-state index contributed by atoms with van der Waals surface area (Å²) in [4.78, 5) is 37.4. The standard InChI is InChI=1S/C26H31N5O4/c1-27-26(34)23(19-6-4-3-5-7-19)29-25(33)22-13-12-21(35-22)18-10-8-17(9-11-18)16-28-24(32)20-14-15-31(2)30-20/h8-15,19,23H,3-7,16H2,1-2H3,(H,27,34)(H,28,32)(H,29,33)/t23-/m0/s1. The highest BCUT2D eigenvalue weighted by molar-refractivity contribution is 5.96. The molecule has 1 aliphatic carbocycles. The van der Waals surface area contributed by atoms with Crippen molar-refractivity contribution in [3.05, 3.63) is 65.7 Å². The molecule has 3 N–H and O–H groups in total. The van der Waals surface area contributed by atoms with Gasteiger partial charge in [-0.2, -0.15) is 5.10 Å². The monoisotopic (exact) mass is 477 g/mol. The number of amides is 3. The van der Waals surface area contributed by atoms with E-state index in [4.69, 9.17) is 4.42 Å². The maximum atomic E-state index is 12.9. The Hall–Kier alpha value is -3.88. The summed E-state index contributed by atoms with van der Waals surface area (Å²) in [6, 6.07) is 12.0. The lowest BCUT2D eigenvalue weighted by atomic mass is 9.83. The second kappa shape index (κ2) is 11.0. The predicted octanol–water partition coefficient (Wildman–Crippen LogP) is 3.03. The van der Waals surface area contributed by atoms with Gasteiger partial charge in [-0.25, -0.2) is 0 Å². The maximum Gasteiger partial charge on any atom is 0.287 e. The molecule has 1 fully saturated rings.